The van der Waals surface area contributed by atoms with Crippen LogP contribution in [0.15, 0.2) is 51.1 Å². The molecule has 0 amide bonds. The molecule has 0 radical (unpaired) electrons. The van der Waals surface area contributed by atoms with Crippen LogP contribution in [0.1, 0.15) is 6.42 Å². The number of nitro benzene ring substituents is 1. The zero-order valence-electron chi connectivity index (χ0n) is 16.6. The molecule has 0 saturated carbocycles. The summed E-state index contributed by atoms with van der Waals surface area (Å²) in [7, 11) is -4.04. The topological polar surface area (TPSA) is 121 Å². The number of nitrogens with zero attached hydrogens (tertiary/aromatic N) is 3. The Labute approximate surface area is 199 Å². The summed E-state index contributed by atoms with van der Waals surface area (Å²) in [6.45, 7) is 1.37. The molecule has 2 aromatic carbocycles. The van der Waals surface area contributed by atoms with Gasteiger partial charge >= 0.3 is 5.97 Å². The molecule has 1 heterocycles. The molecule has 0 aromatic heterocycles. The van der Waals surface area contributed by atoms with Crippen molar-refractivity contribution in [2.75, 3.05) is 32.7 Å². The highest BCUT2D eigenvalue weighted by Crippen LogP contribution is 2.38. The third-order valence-electron chi connectivity index (χ3n) is 4.79. The predicted molar refractivity (Wildman–Crippen MR) is 121 cm³/mol. The first-order valence-electron chi connectivity index (χ1n) is 9.43. The number of carboxylic acid groups (broad SMARTS) is 1. The van der Waals surface area contributed by atoms with E-state index >= 15 is 0 Å². The minimum Gasteiger partial charge on any atom is -0.481 e. The molecule has 1 aliphatic rings. The Bertz CT molecular complexity index is 1120. The molecule has 32 heavy (non-hydrogen) atoms. The Morgan fingerprint density at radius 3 is 2.28 bits per heavy atom. The third kappa shape index (κ3) is 6.12. The van der Waals surface area contributed by atoms with E-state index in [1.165, 1.54) is 16.4 Å². The number of nitro groups is 1. The normalized spacial score (nSPS) is 15.6. The minimum absolute atomic E-state index is 0.0272. The lowest BCUT2D eigenvalue weighted by Crippen LogP contribution is -2.49. The molecule has 13 heteroatoms. The maximum absolute atomic E-state index is 13.4. The van der Waals surface area contributed by atoms with Gasteiger partial charge in [0, 0.05) is 64.7 Å². The van der Waals surface area contributed by atoms with Crippen molar-refractivity contribution in [2.45, 2.75) is 21.1 Å². The molecular formula is C19H19Cl2N3O6S2. The van der Waals surface area contributed by atoms with Crippen molar-refractivity contribution in [3.8, 4) is 0 Å². The Balaban J connectivity index is 1.89. The van der Waals surface area contributed by atoms with Crippen LogP contribution in [-0.2, 0) is 14.8 Å². The molecule has 0 aliphatic carbocycles. The van der Waals surface area contributed by atoms with Gasteiger partial charge in [-0.1, -0.05) is 35.0 Å². The van der Waals surface area contributed by atoms with E-state index in [1.807, 2.05) is 4.90 Å². The van der Waals surface area contributed by atoms with Crippen molar-refractivity contribution >= 4 is 56.6 Å². The largest absolute Gasteiger partial charge is 0.481 e. The second-order valence-corrected chi connectivity index (χ2v) is 10.9. The molecule has 9 nitrogen and oxygen atoms in total. The number of carboxylic acids is 1. The highest BCUT2D eigenvalue weighted by atomic mass is 35.5. The molecule has 172 valence electrons. The Kier molecular flexibility index (Phi) is 8.01. The average molecular weight is 520 g/mol. The van der Waals surface area contributed by atoms with Crippen molar-refractivity contribution in [2.24, 2.45) is 0 Å². The fourth-order valence-electron chi connectivity index (χ4n) is 3.20. The Morgan fingerprint density at radius 2 is 1.72 bits per heavy atom. The summed E-state index contributed by atoms with van der Waals surface area (Å²) in [6, 6.07) is 8.49. The molecule has 0 atom stereocenters. The maximum atomic E-state index is 13.4. The summed E-state index contributed by atoms with van der Waals surface area (Å²) in [4.78, 5) is 24.0. The van der Waals surface area contributed by atoms with E-state index in [0.717, 1.165) is 17.8 Å². The van der Waals surface area contributed by atoms with Crippen molar-refractivity contribution in [3.63, 3.8) is 0 Å². The number of hydrogen-bond acceptors (Lipinski definition) is 7. The summed E-state index contributed by atoms with van der Waals surface area (Å²) in [5.74, 6) is -0.917. The first-order chi connectivity index (χ1) is 15.1. The van der Waals surface area contributed by atoms with E-state index in [4.69, 9.17) is 28.3 Å². The molecule has 1 N–H and O–H groups in total. The van der Waals surface area contributed by atoms with Gasteiger partial charge in [0.05, 0.1) is 11.3 Å². The van der Waals surface area contributed by atoms with Crippen LogP contribution in [0.3, 0.4) is 0 Å². The van der Waals surface area contributed by atoms with E-state index in [9.17, 15) is 23.3 Å². The van der Waals surface area contributed by atoms with Crippen LogP contribution in [0.5, 0.6) is 0 Å². The highest BCUT2D eigenvalue weighted by molar-refractivity contribution is 8.00. The SMILES string of the molecule is O=C(O)CCN1CCN(S(=O)(=O)c2cc([N+](=O)[O-])ccc2Sc2cc(Cl)cc(Cl)c2)CC1. The quantitative estimate of drug-likeness (QED) is 0.412. The summed E-state index contributed by atoms with van der Waals surface area (Å²) >= 11 is 13.2. The number of benzene rings is 2. The van der Waals surface area contributed by atoms with Crippen LogP contribution in [0.25, 0.3) is 0 Å². The smallest absolute Gasteiger partial charge is 0.304 e. The molecule has 0 bridgehead atoms. The van der Waals surface area contributed by atoms with Crippen molar-refractivity contribution in [1.82, 2.24) is 9.21 Å². The van der Waals surface area contributed by atoms with Crippen LogP contribution in [-0.4, -0.2) is 66.3 Å². The van der Waals surface area contributed by atoms with Gasteiger partial charge in [-0.3, -0.25) is 14.9 Å². The summed E-state index contributed by atoms with van der Waals surface area (Å²) in [5.41, 5.74) is -0.336. The number of piperazine rings is 1. The predicted octanol–water partition coefficient (Wildman–Crippen LogP) is 3.83. The van der Waals surface area contributed by atoms with Gasteiger partial charge < -0.3 is 10.0 Å². The second-order valence-electron chi connectivity index (χ2n) is 6.98. The number of carbonyl (C=O) groups is 1. The average Bonchev–Trinajstić information content (AvgIpc) is 2.71. The van der Waals surface area contributed by atoms with E-state index in [2.05, 4.69) is 0 Å². The Hall–Kier alpha value is -1.89. The number of rotatable bonds is 8. The van der Waals surface area contributed by atoms with Gasteiger partial charge in [-0.2, -0.15) is 4.31 Å². The van der Waals surface area contributed by atoms with Crippen molar-refractivity contribution in [1.29, 1.82) is 0 Å². The standard InChI is InChI=1S/C19H19Cl2N3O6S2/c20-13-9-14(21)11-16(10-13)31-17-2-1-15(24(27)28)12-18(17)32(29,30)23-7-5-22(6-8-23)4-3-19(25)26/h1-2,9-12H,3-8H2,(H,25,26). The summed E-state index contributed by atoms with van der Waals surface area (Å²) in [6.07, 6.45) is -0.0272. The van der Waals surface area contributed by atoms with Gasteiger partial charge in [-0.25, -0.2) is 8.42 Å². The maximum Gasteiger partial charge on any atom is 0.304 e. The molecule has 0 spiro atoms. The van der Waals surface area contributed by atoms with Crippen LogP contribution >= 0.6 is 35.0 Å². The highest BCUT2D eigenvalue weighted by Gasteiger charge is 2.32. The lowest BCUT2D eigenvalue weighted by molar-refractivity contribution is -0.385. The molecule has 1 aliphatic heterocycles. The lowest BCUT2D eigenvalue weighted by Gasteiger charge is -2.33. The zero-order valence-corrected chi connectivity index (χ0v) is 19.8. The van der Waals surface area contributed by atoms with Gasteiger partial charge in [0.25, 0.3) is 5.69 Å². The minimum atomic E-state index is -4.04. The lowest BCUT2D eigenvalue weighted by atomic mass is 10.3. The van der Waals surface area contributed by atoms with Crippen molar-refractivity contribution < 1.29 is 23.2 Å². The van der Waals surface area contributed by atoms with E-state index in [-0.39, 0.29) is 30.1 Å². The van der Waals surface area contributed by atoms with Gasteiger partial charge in [0.2, 0.25) is 10.0 Å². The van der Waals surface area contributed by atoms with Gasteiger partial charge in [-0.15, -0.1) is 0 Å². The van der Waals surface area contributed by atoms with Gasteiger partial charge in [-0.05, 0) is 24.3 Å². The molecule has 3 rings (SSSR count). The number of aliphatic carboxylic acids is 1. The molecule has 1 saturated heterocycles. The molecule has 1 fully saturated rings. The van der Waals surface area contributed by atoms with Crippen LogP contribution in [0.2, 0.25) is 10.0 Å². The van der Waals surface area contributed by atoms with Gasteiger partial charge in [0.15, 0.2) is 0 Å². The molecule has 0 unspecified atom stereocenters. The Morgan fingerprint density at radius 1 is 1.09 bits per heavy atom. The third-order valence-corrected chi connectivity index (χ3v) is 8.34. The zero-order chi connectivity index (χ0) is 23.5. The summed E-state index contributed by atoms with van der Waals surface area (Å²) < 4.78 is 28.1. The molecular weight excluding hydrogens is 501 g/mol. The number of sulfonamides is 1. The number of hydrogen-bond donors (Lipinski definition) is 1. The second kappa shape index (κ2) is 10.4. The van der Waals surface area contributed by atoms with E-state index in [1.54, 1.807) is 18.2 Å². The van der Waals surface area contributed by atoms with Crippen LogP contribution in [0, 0.1) is 10.1 Å². The first-order valence-corrected chi connectivity index (χ1v) is 12.4. The number of halogens is 2. The van der Waals surface area contributed by atoms with Crippen molar-refractivity contribution in [3.05, 3.63) is 56.6 Å². The number of non-ortho nitro benzene ring substituents is 1. The first kappa shape index (κ1) is 24.7. The van der Waals surface area contributed by atoms with E-state index in [0.29, 0.717) is 39.5 Å². The van der Waals surface area contributed by atoms with Crippen LogP contribution in [0.4, 0.5) is 5.69 Å². The van der Waals surface area contributed by atoms with Gasteiger partial charge in [0.1, 0.15) is 4.90 Å². The van der Waals surface area contributed by atoms with E-state index < -0.39 is 20.9 Å². The summed E-state index contributed by atoms with van der Waals surface area (Å²) in [5, 5.41) is 20.9. The fourth-order valence-corrected chi connectivity index (χ4v) is 6.73. The van der Waals surface area contributed by atoms with Crippen LogP contribution < -0.4 is 0 Å². The monoisotopic (exact) mass is 519 g/mol. The fraction of sp³-hybridized carbons (Fsp3) is 0.316. The molecule has 2 aromatic rings.